The van der Waals surface area contributed by atoms with Crippen LogP contribution < -0.4 is 9.50 Å². The topological polar surface area (TPSA) is 131 Å². The van der Waals surface area contributed by atoms with Gasteiger partial charge in [0.05, 0.1) is 25.0 Å². The Balaban J connectivity index is 1.22. The number of amides is 2. The van der Waals surface area contributed by atoms with E-state index in [2.05, 4.69) is 23.0 Å². The summed E-state index contributed by atoms with van der Waals surface area (Å²) in [5, 5.41) is 2.68. The second kappa shape index (κ2) is 13.7. The number of H-pyrrole nitrogens is 1. The number of hydrogen-bond donors (Lipinski definition) is 2. The summed E-state index contributed by atoms with van der Waals surface area (Å²) in [5.41, 5.74) is 0.564. The van der Waals surface area contributed by atoms with Crippen LogP contribution in [0.25, 0.3) is 11.1 Å². The first-order valence-corrected chi connectivity index (χ1v) is 19.6. The molecule has 4 unspecified atom stereocenters. The lowest BCUT2D eigenvalue weighted by molar-refractivity contribution is -0.135. The van der Waals surface area contributed by atoms with E-state index < -0.39 is 27.8 Å². The van der Waals surface area contributed by atoms with Crippen molar-refractivity contribution in [3.05, 3.63) is 70.8 Å². The number of benzene rings is 1. The molecule has 2 heterocycles. The molecule has 7 rings (SSSR count). The predicted octanol–water partition coefficient (Wildman–Crippen LogP) is 7.89. The largest absolute Gasteiger partial charge is 0.534 e. The van der Waals surface area contributed by atoms with Gasteiger partial charge in [-0.1, -0.05) is 38.6 Å². The Bertz CT molecular complexity index is 1950. The number of alkyl carbamates (subject to hydrolysis) is 1. The van der Waals surface area contributed by atoms with Gasteiger partial charge in [-0.25, -0.2) is 9.78 Å². The molecule has 280 valence electrons. The number of likely N-dealkylation sites (tertiary alicyclic amines) is 1. The van der Waals surface area contributed by atoms with Crippen LogP contribution in [0.3, 0.4) is 0 Å². The van der Waals surface area contributed by atoms with Gasteiger partial charge in [-0.05, 0) is 121 Å². The highest BCUT2D eigenvalue weighted by Crippen LogP contribution is 2.59. The molecular weight excluding hydrogens is 698 g/mol. The van der Waals surface area contributed by atoms with Gasteiger partial charge in [0.15, 0.2) is 0 Å². The van der Waals surface area contributed by atoms with Crippen LogP contribution in [0.5, 0.6) is 5.75 Å². The zero-order valence-corrected chi connectivity index (χ0v) is 30.4. The van der Waals surface area contributed by atoms with Crippen LogP contribution >= 0.6 is 0 Å². The van der Waals surface area contributed by atoms with Crippen LogP contribution in [-0.4, -0.2) is 60.5 Å². The fourth-order valence-electron chi connectivity index (χ4n) is 9.09. The minimum absolute atomic E-state index is 0.0661. The molecular formula is C38H45F3N4O6S. The molecule has 1 aromatic heterocycles. The van der Waals surface area contributed by atoms with Gasteiger partial charge in [-0.15, -0.1) is 0 Å². The molecule has 0 spiro atoms. The van der Waals surface area contributed by atoms with E-state index in [4.69, 9.17) is 13.9 Å². The van der Waals surface area contributed by atoms with Crippen LogP contribution in [0.2, 0.25) is 0 Å². The summed E-state index contributed by atoms with van der Waals surface area (Å²) in [6, 6.07) is 2.07. The second-order valence-electron chi connectivity index (χ2n) is 15.1. The Labute approximate surface area is 302 Å². The maximum atomic E-state index is 13.7. The van der Waals surface area contributed by atoms with Crippen molar-refractivity contribution in [2.24, 2.45) is 17.8 Å². The van der Waals surface area contributed by atoms with Crippen molar-refractivity contribution in [1.29, 1.82) is 0 Å². The minimum Gasteiger partial charge on any atom is -0.453 e. The Morgan fingerprint density at radius 3 is 2.48 bits per heavy atom. The molecule has 52 heavy (non-hydrogen) atoms. The number of methoxy groups -OCH3 is 1. The maximum absolute atomic E-state index is 13.7. The van der Waals surface area contributed by atoms with E-state index in [-0.39, 0.29) is 41.4 Å². The zero-order valence-electron chi connectivity index (χ0n) is 29.6. The zero-order chi connectivity index (χ0) is 37.1. The number of imidazole rings is 1. The van der Waals surface area contributed by atoms with Crippen molar-refractivity contribution in [3.63, 3.8) is 0 Å². The van der Waals surface area contributed by atoms with Gasteiger partial charge < -0.3 is 24.1 Å². The molecule has 3 fully saturated rings. The average molecular weight is 743 g/mol. The molecule has 14 heteroatoms. The van der Waals surface area contributed by atoms with Gasteiger partial charge in [0.1, 0.15) is 17.6 Å². The van der Waals surface area contributed by atoms with Gasteiger partial charge in [-0.2, -0.15) is 21.6 Å². The lowest BCUT2D eigenvalue weighted by atomic mass is 9.65. The predicted molar refractivity (Wildman–Crippen MR) is 188 cm³/mol. The number of allylic oxidation sites excluding steroid dienone is 5. The molecule has 1 saturated heterocycles. The van der Waals surface area contributed by atoms with E-state index in [1.54, 1.807) is 17.2 Å². The average Bonchev–Trinajstić information content (AvgIpc) is 3.90. The highest BCUT2D eigenvalue weighted by molar-refractivity contribution is 7.88. The molecule has 1 aromatic carbocycles. The number of carbonyl (C=O) groups is 2. The SMILES string of the molecule is C=C1/C(c2ccc(OS(=O)(=O)C(F)(F)F)c3c2C2CCC3C2)=C\C=C(\c2cnc([C@@H]3CCCN3C(=O)[C@@H](NC(=O)OC)C(C)C)[nH]2)CCC2CCC12. The lowest BCUT2D eigenvalue weighted by Crippen LogP contribution is -2.51. The maximum Gasteiger partial charge on any atom is 0.534 e. The number of rotatable bonds is 8. The summed E-state index contributed by atoms with van der Waals surface area (Å²) in [7, 11) is -4.55. The summed E-state index contributed by atoms with van der Waals surface area (Å²) >= 11 is 0. The number of alkyl halides is 3. The third kappa shape index (κ3) is 6.45. The summed E-state index contributed by atoms with van der Waals surface area (Å²) in [6.07, 6.45) is 13.0. The Morgan fingerprint density at radius 1 is 1.06 bits per heavy atom. The van der Waals surface area contributed by atoms with Crippen molar-refractivity contribution < 1.29 is 40.1 Å². The Hall–Kier alpha value is -4.07. The Kier molecular flexibility index (Phi) is 9.58. The van der Waals surface area contributed by atoms with Crippen LogP contribution in [0.15, 0.2) is 42.6 Å². The molecule has 2 bridgehead atoms. The molecule has 0 radical (unpaired) electrons. The number of halogens is 3. The first kappa shape index (κ1) is 36.3. The number of ether oxygens (including phenoxy) is 1. The first-order valence-electron chi connectivity index (χ1n) is 18.2. The van der Waals surface area contributed by atoms with E-state index in [0.717, 1.165) is 91.3 Å². The van der Waals surface area contributed by atoms with Gasteiger partial charge in [0.25, 0.3) is 0 Å². The van der Waals surface area contributed by atoms with Crippen LogP contribution in [-0.2, 0) is 19.6 Å². The molecule has 2 amide bonds. The van der Waals surface area contributed by atoms with Crippen molar-refractivity contribution >= 4 is 33.3 Å². The van der Waals surface area contributed by atoms with E-state index >= 15 is 0 Å². The number of nitrogens with one attached hydrogen (secondary N) is 2. The van der Waals surface area contributed by atoms with Gasteiger partial charge in [-0.3, -0.25) is 4.79 Å². The standard InChI is InChI=1S/C38H45F3N4O6S/c1-20(2)34(44-37(47)50-4)36(46)45-17-5-6-30(45)35-42-19-29(43-35)23-8-7-22-11-13-26(22)21(3)27(14-12-23)28-15-16-31(51-52(48,49)38(39,40)41)33-25-10-9-24(18-25)32(28)33/h12,14-16,19-20,22,24-26,30,34H,3,5-11,13,17-18H2,1-2,4H3,(H,42,43)(H,44,47)/b23-12+,27-14+/t22?,24?,25?,26?,30-,34-/m0/s1. The number of fused-ring (bicyclic) bond motifs is 6. The van der Waals surface area contributed by atoms with Crippen LogP contribution in [0.1, 0.15) is 118 Å². The summed E-state index contributed by atoms with van der Waals surface area (Å²) < 4.78 is 73.7. The smallest absolute Gasteiger partial charge is 0.453 e. The fourth-order valence-corrected chi connectivity index (χ4v) is 9.57. The molecule has 5 aliphatic rings. The number of hydrogen-bond acceptors (Lipinski definition) is 7. The molecule has 4 aliphatic carbocycles. The normalized spacial score (nSPS) is 28.3. The quantitative estimate of drug-likeness (QED) is 0.208. The number of aromatic nitrogens is 2. The summed E-state index contributed by atoms with van der Waals surface area (Å²) in [5.74, 6) is 0.820. The first-order chi connectivity index (χ1) is 24.7. The third-order valence-electron chi connectivity index (χ3n) is 11.9. The van der Waals surface area contributed by atoms with Crippen LogP contribution in [0, 0.1) is 17.8 Å². The molecule has 2 aromatic rings. The fraction of sp³-hybridized carbons (Fsp3) is 0.553. The van der Waals surface area contributed by atoms with E-state index in [1.165, 1.54) is 13.2 Å². The highest BCUT2D eigenvalue weighted by atomic mass is 32.2. The molecule has 10 nitrogen and oxygen atoms in total. The van der Waals surface area contributed by atoms with Gasteiger partial charge >= 0.3 is 21.7 Å². The van der Waals surface area contributed by atoms with Gasteiger partial charge in [0, 0.05) is 12.1 Å². The summed E-state index contributed by atoms with van der Waals surface area (Å²) in [4.78, 5) is 35.7. The molecule has 1 aliphatic heterocycles. The third-order valence-corrected chi connectivity index (χ3v) is 12.9. The monoisotopic (exact) mass is 742 g/mol. The van der Waals surface area contributed by atoms with Crippen molar-refractivity contribution in [2.45, 2.75) is 101 Å². The second-order valence-corrected chi connectivity index (χ2v) is 16.7. The Morgan fingerprint density at radius 2 is 1.81 bits per heavy atom. The van der Waals surface area contributed by atoms with Crippen molar-refractivity contribution in [1.82, 2.24) is 20.2 Å². The van der Waals surface area contributed by atoms with E-state index in [1.807, 2.05) is 19.9 Å². The molecule has 2 saturated carbocycles. The number of aromatic amines is 1. The number of nitrogens with zero attached hydrogens (tertiary/aromatic N) is 2. The lowest BCUT2D eigenvalue weighted by Gasteiger charge is -2.39. The van der Waals surface area contributed by atoms with E-state index in [9.17, 15) is 31.2 Å². The molecule has 6 atom stereocenters. The summed E-state index contributed by atoms with van der Waals surface area (Å²) in [6.45, 7) is 8.86. The van der Waals surface area contributed by atoms with E-state index in [0.29, 0.717) is 23.9 Å². The van der Waals surface area contributed by atoms with Crippen molar-refractivity contribution in [2.75, 3.05) is 13.7 Å². The minimum atomic E-state index is -5.82. The van der Waals surface area contributed by atoms with Crippen LogP contribution in [0.4, 0.5) is 18.0 Å². The highest BCUT2D eigenvalue weighted by Gasteiger charge is 2.50. The number of carbonyl (C=O) groups excluding carboxylic acids is 2. The van der Waals surface area contributed by atoms with Crippen molar-refractivity contribution in [3.8, 4) is 5.75 Å². The molecule has 2 N–H and O–H groups in total. The van der Waals surface area contributed by atoms with Gasteiger partial charge in [0.2, 0.25) is 5.91 Å².